The Labute approximate surface area is 482 Å². The van der Waals surface area contributed by atoms with E-state index >= 15 is 0 Å². The summed E-state index contributed by atoms with van der Waals surface area (Å²) in [4.78, 5) is 21.8. The van der Waals surface area contributed by atoms with Crippen molar-refractivity contribution in [2.75, 3.05) is 0 Å². The van der Waals surface area contributed by atoms with Gasteiger partial charge in [-0.3, -0.25) is 4.98 Å². The first-order chi connectivity index (χ1) is 39.3. The molecule has 0 saturated heterocycles. The number of pyridine rings is 2. The lowest BCUT2D eigenvalue weighted by Crippen LogP contribution is -2.04. The molecule has 3 aromatic heterocycles. The second kappa shape index (κ2) is 30.0. The molecule has 0 aliphatic carbocycles. The van der Waals surface area contributed by atoms with E-state index in [0.717, 1.165) is 71.0 Å². The van der Waals surface area contributed by atoms with Gasteiger partial charge in [-0.15, -0.1) is 0 Å². The van der Waals surface area contributed by atoms with Crippen molar-refractivity contribution in [1.82, 2.24) is 19.9 Å². The Balaban J connectivity index is 1.23. The van der Waals surface area contributed by atoms with E-state index in [1.807, 2.05) is 12.3 Å². The van der Waals surface area contributed by atoms with Gasteiger partial charge >= 0.3 is 0 Å². The first-order valence-electron chi connectivity index (χ1n) is 32.1. The highest BCUT2D eigenvalue weighted by molar-refractivity contribution is 6.03. The molecule has 418 valence electrons. The van der Waals surface area contributed by atoms with Gasteiger partial charge in [0, 0.05) is 28.1 Å². The fraction of sp³-hybridized carbons (Fsp3) is 0.447. The van der Waals surface area contributed by atoms with Crippen molar-refractivity contribution in [3.63, 3.8) is 0 Å². The number of unbranched alkanes of at least 4 members (excludes halogenated alkanes) is 20. The lowest BCUT2D eigenvalue weighted by Gasteiger charge is -2.20. The van der Waals surface area contributed by atoms with Gasteiger partial charge in [0.15, 0.2) is 5.82 Å². The van der Waals surface area contributed by atoms with E-state index < -0.39 is 0 Å². The number of hydrogen-bond donors (Lipinski definition) is 0. The van der Waals surface area contributed by atoms with Crippen molar-refractivity contribution >= 4 is 43.4 Å². The average Bonchev–Trinajstić information content (AvgIpc) is 3.68. The number of fused-ring (bicyclic) bond motifs is 5. The third kappa shape index (κ3) is 15.4. The summed E-state index contributed by atoms with van der Waals surface area (Å²) in [5.74, 6) is 0.680. The van der Waals surface area contributed by atoms with Gasteiger partial charge in [-0.1, -0.05) is 228 Å². The minimum absolute atomic E-state index is 0.680. The summed E-state index contributed by atoms with van der Waals surface area (Å²) in [6, 6.07) is 44.3. The molecule has 3 heterocycles. The van der Waals surface area contributed by atoms with Crippen molar-refractivity contribution in [3.8, 4) is 45.2 Å². The maximum absolute atomic E-state index is 5.73. The summed E-state index contributed by atoms with van der Waals surface area (Å²) in [5.41, 5.74) is 18.2. The minimum Gasteiger partial charge on any atom is -0.254 e. The molecule has 0 aliphatic heterocycles. The molecule has 0 radical (unpaired) electrons. The quantitative estimate of drug-likeness (QED) is 0.0240. The Kier molecular flexibility index (Phi) is 21.9. The van der Waals surface area contributed by atoms with Crippen molar-refractivity contribution < 1.29 is 0 Å². The Bertz CT molecular complexity index is 3440. The summed E-state index contributed by atoms with van der Waals surface area (Å²) in [7, 11) is 0. The lowest BCUT2D eigenvalue weighted by atomic mass is 9.86. The summed E-state index contributed by atoms with van der Waals surface area (Å²) in [6.45, 7) is 13.8. The number of benzene rings is 6. The number of nitrogens with zero attached hydrogens (tertiary/aromatic N) is 4. The zero-order chi connectivity index (χ0) is 55.5. The molecule has 0 N–H and O–H groups in total. The van der Waals surface area contributed by atoms with Crippen LogP contribution < -0.4 is 0 Å². The number of aryl methyl sites for hydroxylation is 6. The van der Waals surface area contributed by atoms with Crippen LogP contribution in [-0.4, -0.2) is 19.9 Å². The predicted octanol–water partition coefficient (Wildman–Crippen LogP) is 22.8. The van der Waals surface area contributed by atoms with Crippen LogP contribution in [-0.2, 0) is 25.7 Å². The summed E-state index contributed by atoms with van der Waals surface area (Å²) < 4.78 is 0. The molecule has 0 fully saturated rings. The summed E-state index contributed by atoms with van der Waals surface area (Å²) in [5, 5.41) is 7.36. The highest BCUT2D eigenvalue weighted by Crippen LogP contribution is 2.39. The van der Waals surface area contributed by atoms with Gasteiger partial charge in [-0.05, 0) is 174 Å². The minimum atomic E-state index is 0.680. The van der Waals surface area contributed by atoms with E-state index in [1.165, 1.54) is 225 Å². The molecule has 6 aromatic carbocycles. The molecule has 0 unspecified atom stereocenters. The largest absolute Gasteiger partial charge is 0.254 e. The molecular formula is C76H94N4. The Morgan fingerprint density at radius 2 is 0.762 bits per heavy atom. The standard InChI is InChI=1S/C76H94N4/c1-7-11-15-19-23-27-32-59-51-69(62(47-56(59)6)33-28-24-20-16-12-8-2)72-54-73(80-76(79-72)71-44-43-58-40-39-57-36-31-45-77-74(57)75(58)78-71)70-53-63(34-29-25-21-17-13-9-3)68(52-64(70)35-30-26-22-18-14-10-4)65-42-41-61-48-66-46-55(5)37-38-60(66)49-67(61)50-65/h31,36-54H,7-30,32-35H2,1-6H3. The van der Waals surface area contributed by atoms with Gasteiger partial charge < -0.3 is 0 Å². The van der Waals surface area contributed by atoms with Crippen LogP contribution in [0.25, 0.3) is 88.5 Å². The Hall–Kier alpha value is -6.26. The van der Waals surface area contributed by atoms with Crippen LogP contribution >= 0.6 is 0 Å². The van der Waals surface area contributed by atoms with Gasteiger partial charge in [0.05, 0.1) is 22.4 Å². The molecule has 9 rings (SSSR count). The van der Waals surface area contributed by atoms with Crippen molar-refractivity contribution in [2.24, 2.45) is 0 Å². The molecule has 0 aliphatic rings. The van der Waals surface area contributed by atoms with Crippen LogP contribution in [0.3, 0.4) is 0 Å². The third-order valence-corrected chi connectivity index (χ3v) is 17.3. The summed E-state index contributed by atoms with van der Waals surface area (Å²) >= 11 is 0. The molecule has 4 nitrogen and oxygen atoms in total. The van der Waals surface area contributed by atoms with Crippen LogP contribution in [0.4, 0.5) is 0 Å². The summed E-state index contributed by atoms with van der Waals surface area (Å²) in [6.07, 6.45) is 36.6. The highest BCUT2D eigenvalue weighted by atomic mass is 14.9. The van der Waals surface area contributed by atoms with Crippen molar-refractivity contribution in [1.29, 1.82) is 0 Å². The van der Waals surface area contributed by atoms with Crippen LogP contribution in [0.15, 0.2) is 121 Å². The van der Waals surface area contributed by atoms with Crippen molar-refractivity contribution in [2.45, 2.75) is 221 Å². The van der Waals surface area contributed by atoms with Gasteiger partial charge in [-0.25, -0.2) is 15.0 Å². The molecule has 0 bridgehead atoms. The van der Waals surface area contributed by atoms with E-state index in [4.69, 9.17) is 19.9 Å². The lowest BCUT2D eigenvalue weighted by molar-refractivity contribution is 0.605. The average molecular weight is 1060 g/mol. The van der Waals surface area contributed by atoms with E-state index in [1.54, 1.807) is 0 Å². The first kappa shape index (κ1) is 58.4. The molecule has 0 atom stereocenters. The first-order valence-corrected chi connectivity index (χ1v) is 32.1. The zero-order valence-electron chi connectivity index (χ0n) is 50.1. The number of aromatic nitrogens is 4. The Morgan fingerprint density at radius 3 is 1.35 bits per heavy atom. The maximum atomic E-state index is 5.73. The van der Waals surface area contributed by atoms with Crippen LogP contribution in [0, 0.1) is 13.8 Å². The second-order valence-electron chi connectivity index (χ2n) is 23.8. The molecule has 0 amide bonds. The normalized spacial score (nSPS) is 11.8. The van der Waals surface area contributed by atoms with Gasteiger partial charge in [0.2, 0.25) is 0 Å². The molecule has 80 heavy (non-hydrogen) atoms. The van der Waals surface area contributed by atoms with E-state index in [2.05, 4.69) is 151 Å². The SMILES string of the molecule is CCCCCCCCc1cc(-c2cc(-c3cc(CCCCCCCC)c(-c4ccc5cc6cc(C)ccc6cc5c4)cc3CCCCCCCC)nc(-c3ccc4ccc5cccnc5c4n3)n2)c(CCCCCCCC)cc1C. The van der Waals surface area contributed by atoms with E-state index in [9.17, 15) is 0 Å². The van der Waals surface area contributed by atoms with Crippen LogP contribution in [0.5, 0.6) is 0 Å². The van der Waals surface area contributed by atoms with Gasteiger partial charge in [0.25, 0.3) is 0 Å². The van der Waals surface area contributed by atoms with E-state index in [0.29, 0.717) is 5.82 Å². The molecule has 9 aromatic rings. The van der Waals surface area contributed by atoms with Gasteiger partial charge in [-0.2, -0.15) is 0 Å². The Morgan fingerprint density at radius 1 is 0.312 bits per heavy atom. The number of rotatable bonds is 32. The van der Waals surface area contributed by atoms with E-state index in [-0.39, 0.29) is 0 Å². The third-order valence-electron chi connectivity index (χ3n) is 17.3. The second-order valence-corrected chi connectivity index (χ2v) is 23.8. The fourth-order valence-corrected chi connectivity index (χ4v) is 12.5. The topological polar surface area (TPSA) is 51.6 Å². The highest BCUT2D eigenvalue weighted by Gasteiger charge is 2.21. The monoisotopic (exact) mass is 1060 g/mol. The smallest absolute Gasteiger partial charge is 0.179 e. The van der Waals surface area contributed by atoms with Crippen molar-refractivity contribution in [3.05, 3.63) is 155 Å². The number of hydrogen-bond acceptors (Lipinski definition) is 4. The molecule has 0 spiro atoms. The fourth-order valence-electron chi connectivity index (χ4n) is 12.5. The van der Waals surface area contributed by atoms with Gasteiger partial charge in [0.1, 0.15) is 5.69 Å². The molecule has 0 saturated carbocycles. The van der Waals surface area contributed by atoms with Crippen LogP contribution in [0.1, 0.15) is 215 Å². The molecule has 4 heteroatoms. The molecular weight excluding hydrogens is 969 g/mol. The zero-order valence-corrected chi connectivity index (χ0v) is 50.1. The maximum Gasteiger partial charge on any atom is 0.179 e. The van der Waals surface area contributed by atoms with Crippen LogP contribution in [0.2, 0.25) is 0 Å². The predicted molar refractivity (Wildman–Crippen MR) is 347 cm³/mol.